The molecule has 2 amide bonds. The Labute approximate surface area is 189 Å². The average Bonchev–Trinajstić information content (AvgIpc) is 2.85. The average molecular weight is 452 g/mol. The van der Waals surface area contributed by atoms with E-state index in [4.69, 9.17) is 4.74 Å². The monoisotopic (exact) mass is 452 g/mol. The lowest BCUT2D eigenvalue weighted by Gasteiger charge is -2.36. The standard InChI is InChI=1S/C24H22F2N4O3/c25-19-5-3-18(4-6-19)23(31)29-21(16-7-12-27-13-8-16)17-9-14-30(15-10-17)24(32)33-20-2-1-11-28-22(20)26/h1-8,11-13,17,21H,9-10,14-15H2,(H,29,31). The molecular formula is C24H22F2N4O3. The topological polar surface area (TPSA) is 84.4 Å². The third kappa shape index (κ3) is 5.49. The second kappa shape index (κ2) is 10.2. The van der Waals surface area contributed by atoms with Crippen molar-refractivity contribution in [1.82, 2.24) is 20.2 Å². The summed E-state index contributed by atoms with van der Waals surface area (Å²) in [5, 5.41) is 3.05. The summed E-state index contributed by atoms with van der Waals surface area (Å²) in [6, 6.07) is 11.5. The minimum absolute atomic E-state index is 0.0379. The van der Waals surface area contributed by atoms with Crippen molar-refractivity contribution in [2.24, 2.45) is 5.92 Å². The van der Waals surface area contributed by atoms with Crippen molar-refractivity contribution < 1.29 is 23.1 Å². The van der Waals surface area contributed by atoms with Gasteiger partial charge >= 0.3 is 6.09 Å². The van der Waals surface area contributed by atoms with Crippen molar-refractivity contribution in [3.63, 3.8) is 0 Å². The van der Waals surface area contributed by atoms with Crippen molar-refractivity contribution in [1.29, 1.82) is 0 Å². The quantitative estimate of drug-likeness (QED) is 0.589. The molecule has 170 valence electrons. The lowest BCUT2D eigenvalue weighted by atomic mass is 9.85. The number of aromatic nitrogens is 2. The van der Waals surface area contributed by atoms with Crippen LogP contribution in [0.4, 0.5) is 13.6 Å². The van der Waals surface area contributed by atoms with E-state index in [2.05, 4.69) is 15.3 Å². The normalized spacial score (nSPS) is 15.0. The minimum atomic E-state index is -0.845. The van der Waals surface area contributed by atoms with Crippen LogP contribution in [-0.2, 0) is 0 Å². The number of halogens is 2. The fourth-order valence-corrected chi connectivity index (χ4v) is 3.89. The largest absolute Gasteiger partial charge is 0.415 e. The molecule has 7 nitrogen and oxygen atoms in total. The highest BCUT2D eigenvalue weighted by atomic mass is 19.1. The van der Waals surface area contributed by atoms with Gasteiger partial charge in [-0.2, -0.15) is 4.39 Å². The highest BCUT2D eigenvalue weighted by molar-refractivity contribution is 5.94. The molecule has 1 unspecified atom stereocenters. The molecule has 0 radical (unpaired) electrons. The molecule has 0 aliphatic carbocycles. The maximum absolute atomic E-state index is 13.7. The SMILES string of the molecule is O=C(NC(c1ccncc1)C1CCN(C(=O)Oc2cccnc2F)CC1)c1ccc(F)cc1. The predicted molar refractivity (Wildman–Crippen MR) is 115 cm³/mol. The summed E-state index contributed by atoms with van der Waals surface area (Å²) in [7, 11) is 0. The van der Waals surface area contributed by atoms with Crippen molar-refractivity contribution in [3.05, 3.63) is 90.0 Å². The number of likely N-dealkylation sites (tertiary alicyclic amines) is 1. The Bertz CT molecular complexity index is 1100. The fraction of sp³-hybridized carbons (Fsp3) is 0.250. The molecule has 9 heteroatoms. The zero-order valence-corrected chi connectivity index (χ0v) is 17.7. The van der Waals surface area contributed by atoms with Gasteiger partial charge in [-0.3, -0.25) is 9.78 Å². The Balaban J connectivity index is 1.43. The molecular weight excluding hydrogens is 430 g/mol. The molecule has 0 saturated carbocycles. The van der Waals surface area contributed by atoms with E-state index in [9.17, 15) is 18.4 Å². The lowest BCUT2D eigenvalue weighted by molar-refractivity contribution is 0.0884. The van der Waals surface area contributed by atoms with Crippen LogP contribution in [0.1, 0.15) is 34.8 Å². The zero-order chi connectivity index (χ0) is 23.2. The van der Waals surface area contributed by atoms with Gasteiger partial charge in [0.25, 0.3) is 11.9 Å². The molecule has 2 aromatic heterocycles. The van der Waals surface area contributed by atoms with Gasteiger partial charge in [-0.15, -0.1) is 0 Å². The number of amides is 2. The van der Waals surface area contributed by atoms with Crippen LogP contribution in [0.3, 0.4) is 0 Å². The summed E-state index contributed by atoms with van der Waals surface area (Å²) in [6.45, 7) is 0.777. The Morgan fingerprint density at radius 1 is 1.00 bits per heavy atom. The molecule has 1 aromatic carbocycles. The van der Waals surface area contributed by atoms with Crippen molar-refractivity contribution in [2.45, 2.75) is 18.9 Å². The lowest BCUT2D eigenvalue weighted by Crippen LogP contribution is -2.44. The van der Waals surface area contributed by atoms with Crippen LogP contribution < -0.4 is 10.1 Å². The maximum Gasteiger partial charge on any atom is 0.415 e. The van der Waals surface area contributed by atoms with Crippen LogP contribution in [0.25, 0.3) is 0 Å². The number of rotatable bonds is 5. The first-order chi connectivity index (χ1) is 16.0. The van der Waals surface area contributed by atoms with E-state index in [0.717, 1.165) is 5.56 Å². The number of carbonyl (C=O) groups is 2. The van der Waals surface area contributed by atoms with E-state index in [1.54, 1.807) is 12.4 Å². The number of carbonyl (C=O) groups excluding carboxylic acids is 2. The van der Waals surface area contributed by atoms with Crippen LogP contribution in [0.2, 0.25) is 0 Å². The van der Waals surface area contributed by atoms with E-state index in [1.165, 1.54) is 47.5 Å². The van der Waals surface area contributed by atoms with Gasteiger partial charge in [-0.1, -0.05) is 0 Å². The van der Waals surface area contributed by atoms with Gasteiger partial charge in [0.15, 0.2) is 5.75 Å². The second-order valence-electron chi connectivity index (χ2n) is 7.72. The molecule has 4 rings (SSSR count). The van der Waals surface area contributed by atoms with Crippen LogP contribution in [0.15, 0.2) is 67.1 Å². The highest BCUT2D eigenvalue weighted by Gasteiger charge is 2.31. The molecule has 0 bridgehead atoms. The van der Waals surface area contributed by atoms with Gasteiger partial charge < -0.3 is 15.0 Å². The molecule has 33 heavy (non-hydrogen) atoms. The molecule has 1 saturated heterocycles. The predicted octanol–water partition coefficient (Wildman–Crippen LogP) is 4.14. The highest BCUT2D eigenvalue weighted by Crippen LogP contribution is 2.31. The Kier molecular flexibility index (Phi) is 6.87. The summed E-state index contributed by atoms with van der Waals surface area (Å²) in [5.74, 6) is -1.75. The van der Waals surface area contributed by atoms with Crippen LogP contribution in [0, 0.1) is 17.7 Å². The smallest absolute Gasteiger partial charge is 0.405 e. The summed E-state index contributed by atoms with van der Waals surface area (Å²) in [4.78, 5) is 34.3. The molecule has 1 aliphatic heterocycles. The third-order valence-electron chi connectivity index (χ3n) is 5.65. The number of nitrogens with zero attached hydrogens (tertiary/aromatic N) is 3. The van der Waals surface area contributed by atoms with Gasteiger partial charge in [0.2, 0.25) is 0 Å². The second-order valence-corrected chi connectivity index (χ2v) is 7.72. The van der Waals surface area contributed by atoms with Gasteiger partial charge in [-0.05, 0) is 72.9 Å². The molecule has 1 N–H and O–H groups in total. The van der Waals surface area contributed by atoms with Crippen molar-refractivity contribution in [3.8, 4) is 5.75 Å². The Morgan fingerprint density at radius 3 is 2.36 bits per heavy atom. The number of pyridine rings is 2. The van der Waals surface area contributed by atoms with E-state index in [1.807, 2.05) is 12.1 Å². The summed E-state index contributed by atoms with van der Waals surface area (Å²) >= 11 is 0. The fourth-order valence-electron chi connectivity index (χ4n) is 3.89. The maximum atomic E-state index is 13.7. The van der Waals surface area contributed by atoms with E-state index in [-0.39, 0.29) is 23.6 Å². The van der Waals surface area contributed by atoms with Crippen molar-refractivity contribution in [2.75, 3.05) is 13.1 Å². The number of piperidine rings is 1. The minimum Gasteiger partial charge on any atom is -0.405 e. The molecule has 0 spiro atoms. The van der Waals surface area contributed by atoms with Crippen LogP contribution in [0.5, 0.6) is 5.75 Å². The Morgan fingerprint density at radius 2 is 1.70 bits per heavy atom. The first-order valence-corrected chi connectivity index (χ1v) is 10.5. The number of ether oxygens (including phenoxy) is 1. The van der Waals surface area contributed by atoms with Gasteiger partial charge in [0, 0.05) is 37.2 Å². The molecule has 3 heterocycles. The summed E-state index contributed by atoms with van der Waals surface area (Å²) in [5.41, 5.74) is 1.24. The first kappa shape index (κ1) is 22.3. The van der Waals surface area contributed by atoms with Gasteiger partial charge in [0.05, 0.1) is 6.04 Å². The zero-order valence-electron chi connectivity index (χ0n) is 17.7. The van der Waals surface area contributed by atoms with Gasteiger partial charge in [-0.25, -0.2) is 14.2 Å². The molecule has 1 atom stereocenters. The third-order valence-corrected chi connectivity index (χ3v) is 5.65. The number of benzene rings is 1. The van der Waals surface area contributed by atoms with Gasteiger partial charge in [0.1, 0.15) is 5.82 Å². The first-order valence-electron chi connectivity index (χ1n) is 10.5. The summed E-state index contributed by atoms with van der Waals surface area (Å²) in [6.07, 6.45) is 5.14. The number of hydrogen-bond donors (Lipinski definition) is 1. The Hall–Kier alpha value is -3.88. The van der Waals surface area contributed by atoms with Crippen LogP contribution in [-0.4, -0.2) is 40.0 Å². The summed E-state index contributed by atoms with van der Waals surface area (Å²) < 4.78 is 32.0. The number of hydrogen-bond acceptors (Lipinski definition) is 5. The van der Waals surface area contributed by atoms with Crippen molar-refractivity contribution >= 4 is 12.0 Å². The molecule has 1 fully saturated rings. The van der Waals surface area contributed by atoms with E-state index >= 15 is 0 Å². The van der Waals surface area contributed by atoms with E-state index in [0.29, 0.717) is 31.5 Å². The van der Waals surface area contributed by atoms with E-state index < -0.39 is 17.9 Å². The molecule has 1 aliphatic rings. The van der Waals surface area contributed by atoms with Crippen LogP contribution >= 0.6 is 0 Å². The molecule has 3 aromatic rings. The number of nitrogens with one attached hydrogen (secondary N) is 1.